The number of aromatic nitrogens is 5. The van der Waals surface area contributed by atoms with E-state index in [0.29, 0.717) is 5.78 Å². The first-order chi connectivity index (χ1) is 4.47. The van der Waals surface area contributed by atoms with E-state index in [4.69, 9.17) is 0 Å². The molecule has 2 aromatic rings. The van der Waals surface area contributed by atoms with Gasteiger partial charge in [-0.1, -0.05) is 0 Å². The minimum Gasteiger partial charge on any atom is -0.213 e. The van der Waals surface area contributed by atoms with E-state index in [2.05, 4.69) is 26.4 Å². The van der Waals surface area contributed by atoms with Crippen molar-refractivity contribution in [3.8, 4) is 0 Å². The number of hydrogen-bond donors (Lipinski definition) is 0. The zero-order chi connectivity index (χ0) is 6.10. The monoisotopic (exact) mass is 120 g/mol. The summed E-state index contributed by atoms with van der Waals surface area (Å²) in [6.07, 6.45) is 5.31. The Labute approximate surface area is 50.4 Å². The van der Waals surface area contributed by atoms with E-state index in [1.807, 2.05) is 0 Å². The highest BCUT2D eigenvalue weighted by atomic mass is 15.3. The predicted octanol–water partition coefficient (Wildman–Crippen LogP) is -0.681. The van der Waals surface area contributed by atoms with Gasteiger partial charge in [-0.05, 0) is 0 Å². The van der Waals surface area contributed by atoms with Gasteiger partial charge in [0, 0.05) is 0 Å². The highest BCUT2D eigenvalue weighted by Crippen LogP contribution is 1.84. The largest absolute Gasteiger partial charge is 0.255 e. The van der Waals surface area contributed by atoms with Crippen LogP contribution in [0.2, 0.25) is 0 Å². The quantitative estimate of drug-likeness (QED) is 0.462. The molecule has 2 heterocycles. The maximum Gasteiger partial charge on any atom is 0.255 e. The summed E-state index contributed by atoms with van der Waals surface area (Å²) in [6.45, 7) is 0. The van der Waals surface area contributed by atoms with Crippen LogP contribution in [0.25, 0.3) is 5.78 Å². The molecule has 0 amide bonds. The summed E-state index contributed by atoms with van der Waals surface area (Å²) in [4.78, 5) is 11.1. The van der Waals surface area contributed by atoms with E-state index in [-0.39, 0.29) is 0 Å². The summed E-state index contributed by atoms with van der Waals surface area (Å²) >= 11 is 0. The third-order valence-electron chi connectivity index (χ3n) is 0.929. The Morgan fingerprint density at radius 2 is 2.56 bits per heavy atom. The molecule has 0 aliphatic carbocycles. The van der Waals surface area contributed by atoms with Crippen LogP contribution in [0, 0.1) is 6.33 Å². The Hall–Kier alpha value is -1.52. The molecule has 2 aromatic heterocycles. The molecule has 5 nitrogen and oxygen atoms in total. The molecular weight excluding hydrogens is 118 g/mol. The Kier molecular flexibility index (Phi) is 0.717. The van der Waals surface area contributed by atoms with Crippen LogP contribution < -0.4 is 0 Å². The molecule has 0 atom stereocenters. The van der Waals surface area contributed by atoms with E-state index < -0.39 is 0 Å². The fourth-order valence-corrected chi connectivity index (χ4v) is 0.560. The molecule has 0 aliphatic rings. The second-order valence-corrected chi connectivity index (χ2v) is 1.46. The van der Waals surface area contributed by atoms with Crippen LogP contribution in [0.3, 0.4) is 0 Å². The fourth-order valence-electron chi connectivity index (χ4n) is 0.560. The molecule has 0 unspecified atom stereocenters. The van der Waals surface area contributed by atoms with Gasteiger partial charge in [-0.15, -0.1) is 0 Å². The van der Waals surface area contributed by atoms with Crippen molar-refractivity contribution in [3.05, 3.63) is 19.0 Å². The van der Waals surface area contributed by atoms with Gasteiger partial charge in [0.1, 0.15) is 12.7 Å². The Morgan fingerprint density at radius 3 is 3.44 bits per heavy atom. The average molecular weight is 120 g/mol. The van der Waals surface area contributed by atoms with E-state index in [1.165, 1.54) is 17.2 Å². The van der Waals surface area contributed by atoms with E-state index in [1.54, 1.807) is 0 Å². The van der Waals surface area contributed by atoms with Crippen molar-refractivity contribution in [2.24, 2.45) is 0 Å². The zero-order valence-corrected chi connectivity index (χ0v) is 4.39. The molecule has 43 valence electrons. The fraction of sp³-hybridized carbons (Fsp3) is 0. The molecule has 0 saturated heterocycles. The highest BCUT2D eigenvalue weighted by Gasteiger charge is 1.90. The minimum atomic E-state index is 0.519. The van der Waals surface area contributed by atoms with Crippen LogP contribution >= 0.6 is 0 Å². The molecule has 0 saturated carbocycles. The average Bonchev–Trinajstić information content (AvgIpc) is 2.33. The normalized spacial score (nSPS) is 10.2. The summed E-state index contributed by atoms with van der Waals surface area (Å²) in [5.74, 6) is 0.519. The van der Waals surface area contributed by atoms with Crippen molar-refractivity contribution >= 4 is 5.78 Å². The predicted molar refractivity (Wildman–Crippen MR) is 27.4 cm³/mol. The van der Waals surface area contributed by atoms with Gasteiger partial charge in [-0.3, -0.25) is 0 Å². The van der Waals surface area contributed by atoms with Crippen LogP contribution in [0.4, 0.5) is 0 Å². The maximum absolute atomic E-state index is 3.79. The first-order valence-electron chi connectivity index (χ1n) is 2.35. The molecule has 2 rings (SSSR count). The summed E-state index contributed by atoms with van der Waals surface area (Å²) in [5, 5.41) is 3.78. The van der Waals surface area contributed by atoms with Crippen LogP contribution in [0.5, 0.6) is 0 Å². The lowest BCUT2D eigenvalue weighted by atomic mass is 11.0. The molecule has 0 fully saturated rings. The summed E-state index contributed by atoms with van der Waals surface area (Å²) in [6, 6.07) is 0. The highest BCUT2D eigenvalue weighted by molar-refractivity contribution is 5.19. The Bertz CT molecular complexity index is 283. The third-order valence-corrected chi connectivity index (χ3v) is 0.929. The van der Waals surface area contributed by atoms with Gasteiger partial charge in [-0.25, -0.2) is 4.98 Å². The molecule has 9 heavy (non-hydrogen) atoms. The second kappa shape index (κ2) is 1.48. The number of fused-ring (bicyclic) bond motifs is 1. The number of nitrogens with zero attached hydrogens (tertiary/aromatic N) is 5. The van der Waals surface area contributed by atoms with Crippen LogP contribution in [0.15, 0.2) is 12.7 Å². The maximum atomic E-state index is 3.79. The van der Waals surface area contributed by atoms with Crippen molar-refractivity contribution in [2.45, 2.75) is 0 Å². The van der Waals surface area contributed by atoms with E-state index in [0.717, 1.165) is 0 Å². The van der Waals surface area contributed by atoms with Crippen molar-refractivity contribution < 1.29 is 0 Å². The van der Waals surface area contributed by atoms with Gasteiger partial charge < -0.3 is 0 Å². The van der Waals surface area contributed by atoms with Crippen molar-refractivity contribution in [1.82, 2.24) is 24.6 Å². The van der Waals surface area contributed by atoms with Crippen LogP contribution in [-0.4, -0.2) is 24.6 Å². The lowest BCUT2D eigenvalue weighted by molar-refractivity contribution is 0.886. The van der Waals surface area contributed by atoms with E-state index in [9.17, 15) is 0 Å². The first kappa shape index (κ1) is 4.37. The Balaban J connectivity index is 2.95. The van der Waals surface area contributed by atoms with Gasteiger partial charge >= 0.3 is 0 Å². The second-order valence-electron chi connectivity index (χ2n) is 1.46. The third kappa shape index (κ3) is 0.543. The number of rotatable bonds is 0. The van der Waals surface area contributed by atoms with Crippen LogP contribution in [0.1, 0.15) is 0 Å². The number of hydrogen-bond acceptors (Lipinski definition) is 4. The van der Waals surface area contributed by atoms with Gasteiger partial charge in [0.2, 0.25) is 6.33 Å². The molecule has 0 bridgehead atoms. The molecule has 0 aromatic carbocycles. The van der Waals surface area contributed by atoms with Gasteiger partial charge in [0.05, 0.1) is 0 Å². The van der Waals surface area contributed by atoms with Crippen LogP contribution in [-0.2, 0) is 0 Å². The SMILES string of the molecule is [c]1ncn2ncnc2n1. The van der Waals surface area contributed by atoms with Gasteiger partial charge in [0.15, 0.2) is 0 Å². The lowest BCUT2D eigenvalue weighted by Crippen LogP contribution is -1.90. The molecule has 1 radical (unpaired) electrons. The summed E-state index contributed by atoms with van der Waals surface area (Å²) in [7, 11) is 0. The first-order valence-corrected chi connectivity index (χ1v) is 2.35. The molecule has 5 heteroatoms. The lowest BCUT2D eigenvalue weighted by Gasteiger charge is -1.81. The molecular formula is C4H2N5. The summed E-state index contributed by atoms with van der Waals surface area (Å²) in [5.41, 5.74) is 0. The Morgan fingerprint density at radius 1 is 1.56 bits per heavy atom. The summed E-state index contributed by atoms with van der Waals surface area (Å²) < 4.78 is 1.47. The topological polar surface area (TPSA) is 56.0 Å². The smallest absolute Gasteiger partial charge is 0.213 e. The van der Waals surface area contributed by atoms with Gasteiger partial charge in [0.25, 0.3) is 5.78 Å². The van der Waals surface area contributed by atoms with Crippen molar-refractivity contribution in [1.29, 1.82) is 0 Å². The van der Waals surface area contributed by atoms with Crippen molar-refractivity contribution in [3.63, 3.8) is 0 Å². The minimum absolute atomic E-state index is 0.519. The molecule has 0 N–H and O–H groups in total. The van der Waals surface area contributed by atoms with Crippen molar-refractivity contribution in [2.75, 3.05) is 0 Å². The van der Waals surface area contributed by atoms with E-state index >= 15 is 0 Å². The molecule has 0 spiro atoms. The van der Waals surface area contributed by atoms with Gasteiger partial charge in [-0.2, -0.15) is 19.6 Å². The standard InChI is InChI=1S/C4H2N5/c1-5-3-9-4(6-1)7-2-8-9/h2-3H. The molecule has 0 aliphatic heterocycles. The zero-order valence-electron chi connectivity index (χ0n) is 4.39.